The van der Waals surface area contributed by atoms with E-state index in [2.05, 4.69) is 44.4 Å². The van der Waals surface area contributed by atoms with Gasteiger partial charge in [0.15, 0.2) is 0 Å². The number of amides is 1. The molecule has 0 spiro atoms. The molecule has 3 aliphatic heterocycles. The number of hydrogen-bond acceptors (Lipinski definition) is 6. The van der Waals surface area contributed by atoms with Crippen molar-refractivity contribution < 1.29 is 4.79 Å². The summed E-state index contributed by atoms with van der Waals surface area (Å²) in [6, 6.07) is 7.61. The molecule has 0 unspecified atom stereocenters. The van der Waals surface area contributed by atoms with E-state index in [4.69, 9.17) is 4.98 Å². The first-order valence-electron chi connectivity index (χ1n) is 12.7. The standard InChI is InChI=1S/C26H33N7O/c27-9-8-26(16-31(17-26)20-3-10-28-11-4-20)32-13-6-19(7-14-32)23-15-24(33(18-34)21-1-2-21)30-25-22(23)5-12-29-25/h5-6,12,15,18,20-21,28H,1-4,7-8,10-11,13-14,16-17H2,(H,29,30). The van der Waals surface area contributed by atoms with E-state index < -0.39 is 0 Å². The van der Waals surface area contributed by atoms with Crippen LogP contribution in [0.4, 0.5) is 5.82 Å². The van der Waals surface area contributed by atoms with Crippen molar-refractivity contribution in [2.45, 2.75) is 56.1 Å². The van der Waals surface area contributed by atoms with Crippen LogP contribution in [0.2, 0.25) is 0 Å². The van der Waals surface area contributed by atoms with Gasteiger partial charge in [0.05, 0.1) is 18.0 Å². The van der Waals surface area contributed by atoms with Crippen LogP contribution in [0.5, 0.6) is 0 Å². The van der Waals surface area contributed by atoms with E-state index in [-0.39, 0.29) is 11.6 Å². The Hall–Kier alpha value is -2.73. The van der Waals surface area contributed by atoms with E-state index in [1.165, 1.54) is 24.0 Å². The second kappa shape index (κ2) is 8.81. The zero-order valence-electron chi connectivity index (χ0n) is 19.7. The quantitative estimate of drug-likeness (QED) is 0.619. The Balaban J connectivity index is 1.22. The molecule has 2 aromatic rings. The number of nitrogens with one attached hydrogen (secondary N) is 2. The number of anilines is 1. The SMILES string of the molecule is N#CCC1(N2CC=C(c3cc(N(C=O)C4CC4)nc4[nH]ccc34)CC2)CN(C2CCNCC2)C1. The van der Waals surface area contributed by atoms with Crippen LogP contribution in [0.15, 0.2) is 24.4 Å². The first-order valence-corrected chi connectivity index (χ1v) is 12.7. The van der Waals surface area contributed by atoms with Gasteiger partial charge in [-0.05, 0) is 68.5 Å². The number of carbonyl (C=O) groups excluding carboxylic acids is 1. The van der Waals surface area contributed by atoms with Gasteiger partial charge >= 0.3 is 0 Å². The van der Waals surface area contributed by atoms with Gasteiger partial charge in [-0.1, -0.05) is 6.08 Å². The van der Waals surface area contributed by atoms with Gasteiger partial charge < -0.3 is 10.3 Å². The molecule has 1 saturated carbocycles. The van der Waals surface area contributed by atoms with Gasteiger partial charge in [-0.15, -0.1) is 0 Å². The van der Waals surface area contributed by atoms with Crippen molar-refractivity contribution in [3.05, 3.63) is 30.0 Å². The summed E-state index contributed by atoms with van der Waals surface area (Å²) in [5, 5.41) is 14.2. The van der Waals surface area contributed by atoms with Crippen LogP contribution in [0.25, 0.3) is 16.6 Å². The minimum Gasteiger partial charge on any atom is -0.346 e. The Morgan fingerprint density at radius 2 is 2.09 bits per heavy atom. The van der Waals surface area contributed by atoms with Gasteiger partial charge in [-0.25, -0.2) is 4.98 Å². The molecule has 3 fully saturated rings. The average Bonchev–Trinajstić information content (AvgIpc) is 3.57. The van der Waals surface area contributed by atoms with E-state index in [9.17, 15) is 10.1 Å². The lowest BCUT2D eigenvalue weighted by molar-refractivity contribution is -0.107. The Labute approximate surface area is 200 Å². The van der Waals surface area contributed by atoms with Gasteiger partial charge in [-0.2, -0.15) is 5.26 Å². The van der Waals surface area contributed by atoms with Crippen molar-refractivity contribution in [1.82, 2.24) is 25.1 Å². The highest BCUT2D eigenvalue weighted by molar-refractivity contribution is 5.93. The van der Waals surface area contributed by atoms with Crippen molar-refractivity contribution in [1.29, 1.82) is 5.26 Å². The maximum Gasteiger partial charge on any atom is 0.215 e. The highest BCUT2D eigenvalue weighted by Gasteiger charge is 2.49. The molecule has 34 heavy (non-hydrogen) atoms. The lowest BCUT2D eigenvalue weighted by atomic mass is 9.81. The molecule has 0 aromatic carbocycles. The topological polar surface area (TPSA) is 91.3 Å². The Bertz CT molecular complexity index is 1130. The summed E-state index contributed by atoms with van der Waals surface area (Å²) in [6.45, 7) is 6.03. The van der Waals surface area contributed by atoms with Crippen molar-refractivity contribution in [3.8, 4) is 6.07 Å². The second-order valence-electron chi connectivity index (χ2n) is 10.4. The number of fused-ring (bicyclic) bond motifs is 1. The summed E-state index contributed by atoms with van der Waals surface area (Å²) in [6.07, 6.45) is 11.2. The molecule has 178 valence electrons. The largest absolute Gasteiger partial charge is 0.346 e. The van der Waals surface area contributed by atoms with E-state index in [0.717, 1.165) is 81.8 Å². The molecule has 0 bridgehead atoms. The highest BCUT2D eigenvalue weighted by Crippen LogP contribution is 2.39. The van der Waals surface area contributed by atoms with Crippen molar-refractivity contribution in [2.75, 3.05) is 44.2 Å². The third-order valence-corrected chi connectivity index (χ3v) is 8.29. The molecule has 0 radical (unpaired) electrons. The highest BCUT2D eigenvalue weighted by atomic mass is 16.1. The monoisotopic (exact) mass is 459 g/mol. The number of nitriles is 1. The second-order valence-corrected chi connectivity index (χ2v) is 10.4. The number of carbonyl (C=O) groups is 1. The van der Waals surface area contributed by atoms with Crippen LogP contribution in [-0.4, -0.2) is 83.1 Å². The van der Waals surface area contributed by atoms with E-state index in [1.807, 2.05) is 6.20 Å². The molecular formula is C26H33N7O. The van der Waals surface area contributed by atoms with Crippen LogP contribution in [0.3, 0.4) is 0 Å². The predicted molar refractivity (Wildman–Crippen MR) is 132 cm³/mol. The number of H-pyrrole nitrogens is 1. The van der Waals surface area contributed by atoms with Crippen LogP contribution < -0.4 is 10.2 Å². The Morgan fingerprint density at radius 1 is 1.26 bits per heavy atom. The van der Waals surface area contributed by atoms with Crippen LogP contribution in [0, 0.1) is 11.3 Å². The lowest BCUT2D eigenvalue weighted by Gasteiger charge is -2.58. The minimum absolute atomic E-state index is 0.0191. The summed E-state index contributed by atoms with van der Waals surface area (Å²) in [5.41, 5.74) is 3.30. The van der Waals surface area contributed by atoms with Crippen LogP contribution in [-0.2, 0) is 4.79 Å². The molecule has 5 heterocycles. The molecule has 6 rings (SSSR count). The van der Waals surface area contributed by atoms with Crippen molar-refractivity contribution in [2.24, 2.45) is 0 Å². The number of nitrogens with zero attached hydrogens (tertiary/aromatic N) is 5. The van der Waals surface area contributed by atoms with E-state index in [0.29, 0.717) is 12.5 Å². The molecule has 4 aliphatic rings. The Kier molecular flexibility index (Phi) is 5.64. The first kappa shape index (κ1) is 21.8. The van der Waals surface area contributed by atoms with Gasteiger partial charge in [0.2, 0.25) is 6.41 Å². The number of piperidine rings is 1. The molecule has 2 aromatic heterocycles. The van der Waals surface area contributed by atoms with Crippen LogP contribution >= 0.6 is 0 Å². The van der Waals surface area contributed by atoms with Gasteiger partial charge in [0.1, 0.15) is 11.5 Å². The summed E-state index contributed by atoms with van der Waals surface area (Å²) < 4.78 is 0. The third kappa shape index (κ3) is 3.82. The predicted octanol–water partition coefficient (Wildman–Crippen LogP) is 2.50. The van der Waals surface area contributed by atoms with Gasteiger partial charge in [-0.3, -0.25) is 19.5 Å². The fraction of sp³-hybridized carbons (Fsp3) is 0.577. The number of aromatic nitrogens is 2. The maximum atomic E-state index is 11.8. The van der Waals surface area contributed by atoms with Gasteiger partial charge in [0.25, 0.3) is 0 Å². The summed E-state index contributed by atoms with van der Waals surface area (Å²) in [4.78, 5) is 26.7. The average molecular weight is 460 g/mol. The fourth-order valence-corrected chi connectivity index (χ4v) is 6.16. The molecule has 1 amide bonds. The molecule has 8 heteroatoms. The molecule has 8 nitrogen and oxygen atoms in total. The number of rotatable bonds is 7. The number of likely N-dealkylation sites (tertiary alicyclic amines) is 1. The number of hydrogen-bond donors (Lipinski definition) is 2. The third-order valence-electron chi connectivity index (χ3n) is 8.29. The van der Waals surface area contributed by atoms with Gasteiger partial charge in [0, 0.05) is 49.8 Å². The number of aromatic amines is 1. The fourth-order valence-electron chi connectivity index (χ4n) is 6.16. The molecule has 1 aliphatic carbocycles. The summed E-state index contributed by atoms with van der Waals surface area (Å²) in [5.74, 6) is 0.739. The van der Waals surface area contributed by atoms with E-state index in [1.54, 1.807) is 4.90 Å². The maximum absolute atomic E-state index is 11.8. The minimum atomic E-state index is -0.0191. The lowest BCUT2D eigenvalue weighted by Crippen LogP contribution is -2.72. The van der Waals surface area contributed by atoms with E-state index >= 15 is 0 Å². The summed E-state index contributed by atoms with van der Waals surface area (Å²) >= 11 is 0. The zero-order valence-corrected chi connectivity index (χ0v) is 19.7. The molecule has 2 saturated heterocycles. The first-order chi connectivity index (χ1) is 16.7. The Morgan fingerprint density at radius 3 is 2.76 bits per heavy atom. The zero-order chi connectivity index (χ0) is 23.1. The van der Waals surface area contributed by atoms with Crippen molar-refractivity contribution >= 4 is 28.8 Å². The smallest absolute Gasteiger partial charge is 0.215 e. The molecule has 0 atom stereocenters. The molecular weight excluding hydrogens is 426 g/mol. The van der Waals surface area contributed by atoms with Crippen LogP contribution in [0.1, 0.15) is 44.1 Å². The van der Waals surface area contributed by atoms with Crippen molar-refractivity contribution in [3.63, 3.8) is 0 Å². The summed E-state index contributed by atoms with van der Waals surface area (Å²) in [7, 11) is 0. The molecule has 2 N–H and O–H groups in total. The normalized spacial score (nSPS) is 23.8. The number of pyridine rings is 1.